The van der Waals surface area contributed by atoms with E-state index in [0.717, 1.165) is 53.8 Å². The maximum Gasteiger partial charge on any atom is 0.143 e. The molecule has 1 fully saturated rings. The first-order valence-corrected chi connectivity index (χ1v) is 11.3. The van der Waals surface area contributed by atoms with E-state index in [2.05, 4.69) is 34.1 Å². The van der Waals surface area contributed by atoms with Gasteiger partial charge in [0.15, 0.2) is 0 Å². The van der Waals surface area contributed by atoms with Gasteiger partial charge in [0, 0.05) is 35.4 Å². The van der Waals surface area contributed by atoms with E-state index in [1.807, 2.05) is 30.3 Å². The Labute approximate surface area is 188 Å². The summed E-state index contributed by atoms with van der Waals surface area (Å²) in [7, 11) is 0. The summed E-state index contributed by atoms with van der Waals surface area (Å²) in [5, 5.41) is 0.739. The number of ether oxygens (including phenoxy) is 1. The highest BCUT2D eigenvalue weighted by Crippen LogP contribution is 2.41. The fourth-order valence-electron chi connectivity index (χ4n) is 4.73. The number of likely N-dealkylation sites (tertiary alicyclic amines) is 1. The van der Waals surface area contributed by atoms with E-state index < -0.39 is 0 Å². The highest BCUT2D eigenvalue weighted by atomic mass is 35.5. The van der Waals surface area contributed by atoms with Crippen LogP contribution in [-0.2, 0) is 13.0 Å². The predicted octanol–water partition coefficient (Wildman–Crippen LogP) is 6.22. The molecular weight excluding hydrogens is 411 g/mol. The molecule has 0 aromatic heterocycles. The molecule has 1 unspecified atom stereocenters. The molecule has 2 aliphatic heterocycles. The first-order chi connectivity index (χ1) is 15.2. The van der Waals surface area contributed by atoms with Gasteiger partial charge in [0.1, 0.15) is 18.2 Å². The fourth-order valence-corrected chi connectivity index (χ4v) is 4.89. The quantitative estimate of drug-likeness (QED) is 0.472. The van der Waals surface area contributed by atoms with Crippen LogP contribution in [0.5, 0.6) is 5.75 Å². The highest BCUT2D eigenvalue weighted by molar-refractivity contribution is 6.30. The van der Waals surface area contributed by atoms with Crippen molar-refractivity contribution in [2.24, 2.45) is 0 Å². The summed E-state index contributed by atoms with van der Waals surface area (Å²) in [6.07, 6.45) is 3.29. The van der Waals surface area contributed by atoms with Gasteiger partial charge in [-0.1, -0.05) is 41.9 Å². The third kappa shape index (κ3) is 4.41. The molecule has 0 bridgehead atoms. The Balaban J connectivity index is 1.39. The van der Waals surface area contributed by atoms with Gasteiger partial charge >= 0.3 is 0 Å². The van der Waals surface area contributed by atoms with Gasteiger partial charge in [-0.05, 0) is 67.8 Å². The van der Waals surface area contributed by atoms with Crippen LogP contribution in [0, 0.1) is 5.82 Å². The van der Waals surface area contributed by atoms with E-state index in [1.54, 1.807) is 12.1 Å². The Bertz CT molecular complexity index is 1060. The maximum absolute atomic E-state index is 13.2. The molecule has 5 heteroatoms. The first-order valence-electron chi connectivity index (χ1n) is 10.9. The second kappa shape index (κ2) is 8.89. The van der Waals surface area contributed by atoms with Crippen molar-refractivity contribution in [2.45, 2.75) is 31.9 Å². The van der Waals surface area contributed by atoms with E-state index in [1.165, 1.54) is 18.4 Å². The number of anilines is 2. The summed E-state index contributed by atoms with van der Waals surface area (Å²) >= 11 is 6.39. The minimum atomic E-state index is -0.179. The number of rotatable bonds is 5. The molecule has 2 aliphatic rings. The van der Waals surface area contributed by atoms with Gasteiger partial charge in [-0.2, -0.15) is 0 Å². The topological polar surface area (TPSA) is 15.7 Å². The molecule has 3 aromatic carbocycles. The molecule has 3 aromatic rings. The maximum atomic E-state index is 13.2. The minimum absolute atomic E-state index is 0.179. The second-order valence-corrected chi connectivity index (χ2v) is 8.78. The Morgan fingerprint density at radius 1 is 1.00 bits per heavy atom. The molecule has 0 radical (unpaired) electrons. The first kappa shape index (κ1) is 20.3. The standard InChI is InChI=1S/C26H26ClFN2O/c27-21-10-9-20-18-31-26-6-2-1-5-24(26)30(25(20)16-21)17-23-4-3-14-29(23)15-13-19-7-11-22(28)12-8-19/h1-2,5-12,16,23H,3-4,13-15,17-18H2. The average molecular weight is 437 g/mol. The van der Waals surface area contributed by atoms with E-state index in [0.29, 0.717) is 12.6 Å². The summed E-state index contributed by atoms with van der Waals surface area (Å²) in [4.78, 5) is 4.95. The number of hydrogen-bond acceptors (Lipinski definition) is 3. The van der Waals surface area contributed by atoms with Crippen LogP contribution in [0.4, 0.5) is 15.8 Å². The van der Waals surface area contributed by atoms with Crippen LogP contribution < -0.4 is 9.64 Å². The van der Waals surface area contributed by atoms with Crippen LogP contribution in [0.2, 0.25) is 5.02 Å². The number of hydrogen-bond donors (Lipinski definition) is 0. The Hall–Kier alpha value is -2.56. The minimum Gasteiger partial charge on any atom is -0.487 e. The zero-order valence-corrected chi connectivity index (χ0v) is 18.2. The van der Waals surface area contributed by atoms with Gasteiger partial charge in [-0.25, -0.2) is 4.39 Å². The average Bonchev–Trinajstić information content (AvgIpc) is 3.17. The van der Waals surface area contributed by atoms with Gasteiger partial charge in [-0.3, -0.25) is 4.90 Å². The van der Waals surface area contributed by atoms with Crippen LogP contribution in [0.15, 0.2) is 66.7 Å². The largest absolute Gasteiger partial charge is 0.487 e. The monoisotopic (exact) mass is 436 g/mol. The summed E-state index contributed by atoms with van der Waals surface area (Å²) < 4.78 is 19.3. The van der Waals surface area contributed by atoms with Crippen molar-refractivity contribution in [3.05, 3.63) is 88.7 Å². The molecule has 0 saturated carbocycles. The van der Waals surface area contributed by atoms with Crippen LogP contribution in [0.3, 0.4) is 0 Å². The summed E-state index contributed by atoms with van der Waals surface area (Å²) in [6, 6.07) is 21.6. The van der Waals surface area contributed by atoms with Gasteiger partial charge in [0.25, 0.3) is 0 Å². The molecule has 0 aliphatic carbocycles. The lowest BCUT2D eigenvalue weighted by molar-refractivity contribution is 0.261. The van der Waals surface area contributed by atoms with E-state index >= 15 is 0 Å². The van der Waals surface area contributed by atoms with Gasteiger partial charge in [-0.15, -0.1) is 0 Å². The number of benzene rings is 3. The normalized spacial score (nSPS) is 18.3. The SMILES string of the molecule is Fc1ccc(CCN2CCCC2CN2c3cc(Cl)ccc3COc3ccccc32)cc1. The van der Waals surface area contributed by atoms with Crippen molar-refractivity contribution in [1.82, 2.24) is 4.90 Å². The summed E-state index contributed by atoms with van der Waals surface area (Å²) in [5.74, 6) is 0.729. The van der Waals surface area contributed by atoms with Gasteiger partial charge in [0.2, 0.25) is 0 Å². The fraction of sp³-hybridized carbons (Fsp3) is 0.308. The van der Waals surface area contributed by atoms with Crippen molar-refractivity contribution < 1.29 is 9.13 Å². The lowest BCUT2D eigenvalue weighted by Crippen LogP contribution is -2.39. The van der Waals surface area contributed by atoms with Crippen molar-refractivity contribution in [3.8, 4) is 5.75 Å². The lowest BCUT2D eigenvalue weighted by Gasteiger charge is -2.33. The summed E-state index contributed by atoms with van der Waals surface area (Å²) in [5.41, 5.74) is 4.55. The molecule has 1 saturated heterocycles. The van der Waals surface area contributed by atoms with Crippen molar-refractivity contribution in [2.75, 3.05) is 24.5 Å². The van der Waals surface area contributed by atoms with Gasteiger partial charge < -0.3 is 9.64 Å². The summed E-state index contributed by atoms with van der Waals surface area (Å²) in [6.45, 7) is 3.50. The van der Waals surface area contributed by atoms with Crippen LogP contribution >= 0.6 is 11.6 Å². The highest BCUT2D eigenvalue weighted by Gasteiger charge is 2.30. The number of nitrogens with zero attached hydrogens (tertiary/aromatic N) is 2. The lowest BCUT2D eigenvalue weighted by atomic mass is 10.1. The number of halogens is 2. The Kier molecular flexibility index (Phi) is 5.84. The molecule has 0 amide bonds. The molecule has 0 spiro atoms. The third-order valence-electron chi connectivity index (χ3n) is 6.37. The number of para-hydroxylation sites is 2. The smallest absolute Gasteiger partial charge is 0.143 e. The van der Waals surface area contributed by atoms with Crippen molar-refractivity contribution in [3.63, 3.8) is 0 Å². The molecule has 0 N–H and O–H groups in total. The second-order valence-electron chi connectivity index (χ2n) is 8.35. The zero-order valence-electron chi connectivity index (χ0n) is 17.4. The molecule has 3 nitrogen and oxygen atoms in total. The number of fused-ring (bicyclic) bond motifs is 2. The molecular formula is C26H26ClFN2O. The van der Waals surface area contributed by atoms with E-state index in [-0.39, 0.29) is 5.82 Å². The van der Waals surface area contributed by atoms with Crippen LogP contribution in [0.1, 0.15) is 24.0 Å². The Morgan fingerprint density at radius 3 is 2.71 bits per heavy atom. The Morgan fingerprint density at radius 2 is 1.84 bits per heavy atom. The van der Waals surface area contributed by atoms with Crippen molar-refractivity contribution in [1.29, 1.82) is 0 Å². The molecule has 2 heterocycles. The molecule has 1 atom stereocenters. The third-order valence-corrected chi connectivity index (χ3v) is 6.61. The molecule has 5 rings (SSSR count). The van der Waals surface area contributed by atoms with E-state index in [9.17, 15) is 4.39 Å². The van der Waals surface area contributed by atoms with Crippen LogP contribution in [0.25, 0.3) is 0 Å². The van der Waals surface area contributed by atoms with Gasteiger partial charge in [0.05, 0.1) is 5.69 Å². The van der Waals surface area contributed by atoms with Crippen LogP contribution in [-0.4, -0.2) is 30.6 Å². The van der Waals surface area contributed by atoms with Crippen molar-refractivity contribution >= 4 is 23.0 Å². The molecule has 31 heavy (non-hydrogen) atoms. The zero-order chi connectivity index (χ0) is 21.2. The van der Waals surface area contributed by atoms with E-state index in [4.69, 9.17) is 16.3 Å². The predicted molar refractivity (Wildman–Crippen MR) is 124 cm³/mol. The molecule has 160 valence electrons.